The summed E-state index contributed by atoms with van der Waals surface area (Å²) in [7, 11) is 0. The van der Waals surface area contributed by atoms with Gasteiger partial charge in [0.25, 0.3) is 0 Å². The number of cyclic esters (lactones) is 1. The van der Waals surface area contributed by atoms with Gasteiger partial charge in [-0.05, 0) is 18.9 Å². The molecule has 14 heavy (non-hydrogen) atoms. The van der Waals surface area contributed by atoms with Crippen molar-refractivity contribution in [1.82, 2.24) is 0 Å². The van der Waals surface area contributed by atoms with E-state index in [0.29, 0.717) is 18.9 Å². The topological polar surface area (TPSA) is 26.3 Å². The van der Waals surface area contributed by atoms with Gasteiger partial charge < -0.3 is 4.74 Å². The van der Waals surface area contributed by atoms with Gasteiger partial charge in [-0.3, -0.25) is 4.79 Å². The summed E-state index contributed by atoms with van der Waals surface area (Å²) in [6.07, 6.45) is 1.53. The van der Waals surface area contributed by atoms with E-state index < -0.39 is 0 Å². The molecular weight excluding hydrogens is 176 g/mol. The van der Waals surface area contributed by atoms with Crippen LogP contribution in [0.4, 0.5) is 0 Å². The van der Waals surface area contributed by atoms with E-state index in [1.54, 1.807) is 0 Å². The van der Waals surface area contributed by atoms with Crippen molar-refractivity contribution >= 4 is 5.97 Å². The largest absolute Gasteiger partial charge is 0.465 e. The second-order valence-electron chi connectivity index (χ2n) is 3.95. The third-order valence-corrected chi connectivity index (χ3v) is 2.54. The first-order chi connectivity index (χ1) is 6.74. The summed E-state index contributed by atoms with van der Waals surface area (Å²) in [5.41, 5.74) is 2.57. The lowest BCUT2D eigenvalue weighted by Crippen LogP contribution is -2.03. The van der Waals surface area contributed by atoms with Crippen molar-refractivity contribution in [2.24, 2.45) is 5.92 Å². The number of benzene rings is 1. The molecule has 0 aliphatic carbocycles. The van der Waals surface area contributed by atoms with E-state index in [9.17, 15) is 4.79 Å². The zero-order valence-corrected chi connectivity index (χ0v) is 8.32. The van der Waals surface area contributed by atoms with E-state index >= 15 is 0 Å². The van der Waals surface area contributed by atoms with Gasteiger partial charge in [0, 0.05) is 5.92 Å². The molecule has 1 aliphatic heterocycles. The molecule has 2 rings (SSSR count). The molecule has 1 atom stereocenters. The van der Waals surface area contributed by atoms with Crippen LogP contribution in [0.3, 0.4) is 0 Å². The number of aryl methyl sites for hydroxylation is 1. The summed E-state index contributed by atoms with van der Waals surface area (Å²) >= 11 is 0. The summed E-state index contributed by atoms with van der Waals surface area (Å²) in [6.45, 7) is 2.67. The van der Waals surface area contributed by atoms with Crippen molar-refractivity contribution in [3.05, 3.63) is 35.4 Å². The lowest BCUT2D eigenvalue weighted by Gasteiger charge is -2.06. The number of ether oxygens (including phenoxy) is 1. The lowest BCUT2D eigenvalue weighted by atomic mass is 9.98. The van der Waals surface area contributed by atoms with Crippen LogP contribution in [0.15, 0.2) is 24.3 Å². The molecule has 1 fully saturated rings. The van der Waals surface area contributed by atoms with Crippen molar-refractivity contribution in [1.29, 1.82) is 0 Å². The molecule has 1 aromatic carbocycles. The molecule has 0 N–H and O–H groups in total. The summed E-state index contributed by atoms with van der Waals surface area (Å²) in [6, 6.07) is 8.42. The van der Waals surface area contributed by atoms with Crippen LogP contribution in [0, 0.1) is 12.8 Å². The summed E-state index contributed by atoms with van der Waals surface area (Å²) < 4.78 is 4.93. The standard InChI is InChI=1S/C12H14O2/c1-9-3-2-4-10(5-9)6-11-7-12(13)14-8-11/h2-5,11H,6-8H2,1H3. The predicted molar refractivity (Wildman–Crippen MR) is 53.9 cm³/mol. The minimum absolute atomic E-state index is 0.0531. The Bertz CT molecular complexity index is 344. The fraction of sp³-hybridized carbons (Fsp3) is 0.417. The number of hydrogen-bond acceptors (Lipinski definition) is 2. The Hall–Kier alpha value is -1.31. The van der Waals surface area contributed by atoms with Crippen molar-refractivity contribution in [3.63, 3.8) is 0 Å². The number of hydrogen-bond donors (Lipinski definition) is 0. The van der Waals surface area contributed by atoms with Crippen LogP contribution in [0.2, 0.25) is 0 Å². The maximum Gasteiger partial charge on any atom is 0.306 e. The van der Waals surface area contributed by atoms with Gasteiger partial charge in [0.15, 0.2) is 0 Å². The first kappa shape index (κ1) is 9.25. The molecule has 2 heteroatoms. The van der Waals surface area contributed by atoms with Gasteiger partial charge in [0.1, 0.15) is 0 Å². The van der Waals surface area contributed by atoms with E-state index in [4.69, 9.17) is 4.74 Å². The smallest absolute Gasteiger partial charge is 0.306 e. The highest BCUT2D eigenvalue weighted by atomic mass is 16.5. The van der Waals surface area contributed by atoms with Crippen molar-refractivity contribution in [3.8, 4) is 0 Å². The van der Waals surface area contributed by atoms with Crippen LogP contribution >= 0.6 is 0 Å². The first-order valence-electron chi connectivity index (χ1n) is 4.95. The van der Waals surface area contributed by atoms with E-state index in [1.165, 1.54) is 11.1 Å². The van der Waals surface area contributed by atoms with Gasteiger partial charge in [-0.1, -0.05) is 29.8 Å². The Morgan fingerprint density at radius 1 is 1.50 bits per heavy atom. The van der Waals surface area contributed by atoms with Gasteiger partial charge in [0.05, 0.1) is 13.0 Å². The average molecular weight is 190 g/mol. The fourth-order valence-electron chi connectivity index (χ4n) is 1.87. The highest BCUT2D eigenvalue weighted by molar-refractivity contribution is 5.71. The molecule has 0 aromatic heterocycles. The SMILES string of the molecule is Cc1cccc(CC2COC(=O)C2)c1. The molecule has 0 spiro atoms. The Kier molecular flexibility index (Phi) is 2.53. The Labute approximate surface area is 83.9 Å². The Morgan fingerprint density at radius 3 is 3.00 bits per heavy atom. The van der Waals surface area contributed by atoms with E-state index in [-0.39, 0.29) is 5.97 Å². The molecule has 0 bridgehead atoms. The van der Waals surface area contributed by atoms with Gasteiger partial charge in [-0.2, -0.15) is 0 Å². The molecule has 0 saturated carbocycles. The molecular formula is C12H14O2. The molecule has 1 aliphatic rings. The monoisotopic (exact) mass is 190 g/mol. The third kappa shape index (κ3) is 2.13. The quantitative estimate of drug-likeness (QED) is 0.667. The molecule has 1 saturated heterocycles. The summed E-state index contributed by atoms with van der Waals surface area (Å²) in [4.78, 5) is 10.9. The van der Waals surface area contributed by atoms with Crippen molar-refractivity contribution < 1.29 is 9.53 Å². The van der Waals surface area contributed by atoms with Crippen LogP contribution in [0.1, 0.15) is 17.5 Å². The van der Waals surface area contributed by atoms with E-state index in [2.05, 4.69) is 31.2 Å². The van der Waals surface area contributed by atoms with E-state index in [1.807, 2.05) is 0 Å². The van der Waals surface area contributed by atoms with Gasteiger partial charge >= 0.3 is 5.97 Å². The zero-order chi connectivity index (χ0) is 9.97. The van der Waals surface area contributed by atoms with Crippen LogP contribution in [-0.4, -0.2) is 12.6 Å². The molecule has 0 amide bonds. The Morgan fingerprint density at radius 2 is 2.36 bits per heavy atom. The first-order valence-corrected chi connectivity index (χ1v) is 4.95. The Balaban J connectivity index is 2.00. The molecule has 2 nitrogen and oxygen atoms in total. The molecule has 74 valence electrons. The van der Waals surface area contributed by atoms with Crippen LogP contribution in [-0.2, 0) is 16.0 Å². The molecule has 1 heterocycles. The van der Waals surface area contributed by atoms with Crippen molar-refractivity contribution in [2.75, 3.05) is 6.61 Å². The van der Waals surface area contributed by atoms with Crippen LogP contribution in [0.5, 0.6) is 0 Å². The zero-order valence-electron chi connectivity index (χ0n) is 8.32. The van der Waals surface area contributed by atoms with Gasteiger partial charge in [-0.15, -0.1) is 0 Å². The maximum atomic E-state index is 10.9. The normalized spacial score (nSPS) is 20.9. The third-order valence-electron chi connectivity index (χ3n) is 2.54. The van der Waals surface area contributed by atoms with Crippen LogP contribution in [0.25, 0.3) is 0 Å². The minimum atomic E-state index is -0.0531. The maximum absolute atomic E-state index is 10.9. The number of carbonyl (C=O) groups is 1. The number of rotatable bonds is 2. The number of esters is 1. The number of carbonyl (C=O) groups excluding carboxylic acids is 1. The highest BCUT2D eigenvalue weighted by Gasteiger charge is 2.23. The molecule has 1 aromatic rings. The summed E-state index contributed by atoms with van der Waals surface area (Å²) in [5.74, 6) is 0.326. The molecule has 1 unspecified atom stereocenters. The second-order valence-corrected chi connectivity index (χ2v) is 3.95. The van der Waals surface area contributed by atoms with Crippen LogP contribution < -0.4 is 0 Å². The van der Waals surface area contributed by atoms with Gasteiger partial charge in [0.2, 0.25) is 0 Å². The predicted octanol–water partition coefficient (Wildman–Crippen LogP) is 2.10. The summed E-state index contributed by atoms with van der Waals surface area (Å²) in [5, 5.41) is 0. The van der Waals surface area contributed by atoms with E-state index in [0.717, 1.165) is 6.42 Å². The minimum Gasteiger partial charge on any atom is -0.465 e. The average Bonchev–Trinajstić information content (AvgIpc) is 2.51. The van der Waals surface area contributed by atoms with Crippen molar-refractivity contribution in [2.45, 2.75) is 19.8 Å². The fourth-order valence-corrected chi connectivity index (χ4v) is 1.87. The van der Waals surface area contributed by atoms with Gasteiger partial charge in [-0.25, -0.2) is 0 Å². The highest BCUT2D eigenvalue weighted by Crippen LogP contribution is 2.19. The lowest BCUT2D eigenvalue weighted by molar-refractivity contribution is -0.137. The molecule has 0 radical (unpaired) electrons. The second kappa shape index (κ2) is 3.82.